The van der Waals surface area contributed by atoms with Gasteiger partial charge in [-0.15, -0.1) is 0 Å². The number of nitrogens with zero attached hydrogens (tertiary/aromatic N) is 2. The molecule has 0 aromatic heterocycles. The Labute approximate surface area is 97.6 Å². The average molecular weight is 229 g/mol. The predicted molar refractivity (Wildman–Crippen MR) is 63.8 cm³/mol. The van der Waals surface area contributed by atoms with E-state index < -0.39 is 6.04 Å². The summed E-state index contributed by atoms with van der Waals surface area (Å²) < 4.78 is 0. The van der Waals surface area contributed by atoms with E-state index in [9.17, 15) is 9.59 Å². The molecule has 2 amide bonds. The lowest BCUT2D eigenvalue weighted by Crippen LogP contribution is -2.46. The van der Waals surface area contributed by atoms with E-state index in [0.717, 1.165) is 0 Å². The van der Waals surface area contributed by atoms with Crippen molar-refractivity contribution in [2.75, 3.05) is 26.7 Å². The summed E-state index contributed by atoms with van der Waals surface area (Å²) in [6.45, 7) is 7.12. The van der Waals surface area contributed by atoms with Crippen LogP contribution in [0, 0.1) is 0 Å². The smallest absolute Gasteiger partial charge is 0.242 e. The third-order valence-electron chi connectivity index (χ3n) is 2.62. The van der Waals surface area contributed by atoms with E-state index in [1.54, 1.807) is 11.9 Å². The van der Waals surface area contributed by atoms with Crippen molar-refractivity contribution in [1.29, 1.82) is 0 Å². The van der Waals surface area contributed by atoms with Crippen LogP contribution in [0.4, 0.5) is 0 Å². The van der Waals surface area contributed by atoms with Crippen molar-refractivity contribution < 1.29 is 9.59 Å². The molecule has 1 atom stereocenters. The van der Waals surface area contributed by atoms with Crippen LogP contribution in [0.25, 0.3) is 0 Å². The highest BCUT2D eigenvalue weighted by Gasteiger charge is 2.20. The maximum atomic E-state index is 11.7. The largest absolute Gasteiger partial charge is 0.342 e. The molecular weight excluding hydrogens is 206 g/mol. The lowest BCUT2D eigenvalue weighted by molar-refractivity contribution is -0.139. The Morgan fingerprint density at radius 1 is 1.19 bits per heavy atom. The second kappa shape index (κ2) is 7.22. The molecule has 0 aliphatic heterocycles. The molecule has 0 heterocycles. The molecule has 0 aromatic rings. The highest BCUT2D eigenvalue weighted by molar-refractivity contribution is 5.87. The Hall–Kier alpha value is -1.10. The Morgan fingerprint density at radius 2 is 1.69 bits per heavy atom. The molecule has 5 heteroatoms. The molecular formula is C11H23N3O2. The number of hydrogen-bond acceptors (Lipinski definition) is 3. The molecule has 2 N–H and O–H groups in total. The maximum absolute atomic E-state index is 11.7. The molecule has 0 saturated heterocycles. The molecule has 94 valence electrons. The van der Waals surface area contributed by atoms with Crippen molar-refractivity contribution in [2.24, 2.45) is 5.73 Å². The van der Waals surface area contributed by atoms with Gasteiger partial charge in [-0.05, 0) is 20.3 Å². The number of carbonyl (C=O) groups excluding carboxylic acids is 2. The second-order valence-electron chi connectivity index (χ2n) is 3.78. The van der Waals surface area contributed by atoms with Crippen molar-refractivity contribution in [1.82, 2.24) is 9.80 Å². The SMILES string of the molecule is CC[C@H](N)C(=O)N(C)CC(=O)N(CC)CC. The van der Waals surface area contributed by atoms with E-state index in [1.165, 1.54) is 4.90 Å². The van der Waals surface area contributed by atoms with Crippen LogP contribution < -0.4 is 5.73 Å². The molecule has 5 nitrogen and oxygen atoms in total. The van der Waals surface area contributed by atoms with E-state index in [2.05, 4.69) is 0 Å². The second-order valence-corrected chi connectivity index (χ2v) is 3.78. The van der Waals surface area contributed by atoms with E-state index in [1.807, 2.05) is 20.8 Å². The van der Waals surface area contributed by atoms with Crippen LogP contribution in [0.1, 0.15) is 27.2 Å². The molecule has 0 saturated carbocycles. The number of rotatable bonds is 6. The van der Waals surface area contributed by atoms with Gasteiger partial charge in [-0.25, -0.2) is 0 Å². The van der Waals surface area contributed by atoms with Crippen molar-refractivity contribution >= 4 is 11.8 Å². The monoisotopic (exact) mass is 229 g/mol. The van der Waals surface area contributed by atoms with Gasteiger partial charge in [0.2, 0.25) is 11.8 Å². The Kier molecular flexibility index (Phi) is 6.72. The topological polar surface area (TPSA) is 66.6 Å². The number of carbonyl (C=O) groups is 2. The summed E-state index contributed by atoms with van der Waals surface area (Å²) in [4.78, 5) is 26.5. The number of amides is 2. The van der Waals surface area contributed by atoms with Crippen LogP contribution in [0.15, 0.2) is 0 Å². The molecule has 0 radical (unpaired) electrons. The minimum Gasteiger partial charge on any atom is -0.342 e. The zero-order valence-electron chi connectivity index (χ0n) is 10.7. The highest BCUT2D eigenvalue weighted by atomic mass is 16.2. The van der Waals surface area contributed by atoms with Crippen LogP contribution in [-0.2, 0) is 9.59 Å². The fraction of sp³-hybridized carbons (Fsp3) is 0.818. The lowest BCUT2D eigenvalue weighted by Gasteiger charge is -2.24. The summed E-state index contributed by atoms with van der Waals surface area (Å²) in [5, 5.41) is 0. The Balaban J connectivity index is 4.28. The minimum atomic E-state index is -0.505. The summed E-state index contributed by atoms with van der Waals surface area (Å²) in [5.74, 6) is -0.216. The van der Waals surface area contributed by atoms with Crippen molar-refractivity contribution in [3.63, 3.8) is 0 Å². The summed E-state index contributed by atoms with van der Waals surface area (Å²) in [6.07, 6.45) is 0.586. The highest BCUT2D eigenvalue weighted by Crippen LogP contribution is 1.97. The third-order valence-corrected chi connectivity index (χ3v) is 2.62. The molecule has 0 unspecified atom stereocenters. The minimum absolute atomic E-state index is 0.0378. The van der Waals surface area contributed by atoms with Crippen molar-refractivity contribution in [3.8, 4) is 0 Å². The van der Waals surface area contributed by atoms with Gasteiger partial charge >= 0.3 is 0 Å². The molecule has 0 bridgehead atoms. The maximum Gasteiger partial charge on any atom is 0.242 e. The van der Waals surface area contributed by atoms with Gasteiger partial charge in [-0.1, -0.05) is 6.92 Å². The number of hydrogen-bond donors (Lipinski definition) is 1. The normalized spacial score (nSPS) is 12.1. The fourth-order valence-electron chi connectivity index (χ4n) is 1.41. The predicted octanol–water partition coefficient (Wildman–Crippen LogP) is 0.0505. The van der Waals surface area contributed by atoms with Crippen LogP contribution in [0.3, 0.4) is 0 Å². The first kappa shape index (κ1) is 14.9. The summed E-state index contributed by atoms with van der Waals surface area (Å²) >= 11 is 0. The zero-order chi connectivity index (χ0) is 12.7. The van der Waals surface area contributed by atoms with Gasteiger partial charge in [0.15, 0.2) is 0 Å². The van der Waals surface area contributed by atoms with Gasteiger partial charge in [0.05, 0.1) is 12.6 Å². The molecule has 16 heavy (non-hydrogen) atoms. The number of likely N-dealkylation sites (N-methyl/N-ethyl adjacent to an activating group) is 2. The average Bonchev–Trinajstić information content (AvgIpc) is 2.28. The molecule has 0 spiro atoms. The lowest BCUT2D eigenvalue weighted by atomic mass is 10.2. The van der Waals surface area contributed by atoms with Gasteiger partial charge in [0.25, 0.3) is 0 Å². The third kappa shape index (κ3) is 4.18. The molecule has 0 fully saturated rings. The first-order valence-electron chi connectivity index (χ1n) is 5.76. The van der Waals surface area contributed by atoms with E-state index in [4.69, 9.17) is 5.73 Å². The molecule has 0 aliphatic rings. The summed E-state index contributed by atoms with van der Waals surface area (Å²) in [5.41, 5.74) is 5.62. The Morgan fingerprint density at radius 3 is 2.06 bits per heavy atom. The van der Waals surface area contributed by atoms with Gasteiger partial charge in [-0.3, -0.25) is 9.59 Å². The van der Waals surface area contributed by atoms with E-state index in [0.29, 0.717) is 19.5 Å². The standard InChI is InChI=1S/C11H23N3O2/c1-5-9(12)11(16)13(4)8-10(15)14(6-2)7-3/h9H,5-8,12H2,1-4H3/t9-/m0/s1. The van der Waals surface area contributed by atoms with Crippen LogP contribution in [-0.4, -0.2) is 54.3 Å². The van der Waals surface area contributed by atoms with Crippen LogP contribution in [0.5, 0.6) is 0 Å². The quantitative estimate of drug-likeness (QED) is 0.700. The van der Waals surface area contributed by atoms with E-state index >= 15 is 0 Å². The first-order chi connectivity index (χ1) is 7.47. The first-order valence-corrected chi connectivity index (χ1v) is 5.76. The van der Waals surface area contributed by atoms with Crippen LogP contribution >= 0.6 is 0 Å². The Bertz CT molecular complexity index is 239. The fourth-order valence-corrected chi connectivity index (χ4v) is 1.41. The molecule has 0 aromatic carbocycles. The van der Waals surface area contributed by atoms with Crippen molar-refractivity contribution in [3.05, 3.63) is 0 Å². The van der Waals surface area contributed by atoms with Crippen LogP contribution in [0.2, 0.25) is 0 Å². The summed E-state index contributed by atoms with van der Waals surface area (Å²) in [7, 11) is 1.61. The van der Waals surface area contributed by atoms with E-state index in [-0.39, 0.29) is 18.4 Å². The zero-order valence-corrected chi connectivity index (χ0v) is 10.7. The van der Waals surface area contributed by atoms with Gasteiger partial charge in [-0.2, -0.15) is 0 Å². The number of nitrogens with two attached hydrogens (primary N) is 1. The summed E-state index contributed by atoms with van der Waals surface area (Å²) in [6, 6.07) is -0.505. The van der Waals surface area contributed by atoms with Gasteiger partial charge in [0.1, 0.15) is 0 Å². The van der Waals surface area contributed by atoms with Gasteiger partial charge < -0.3 is 15.5 Å². The van der Waals surface area contributed by atoms with Gasteiger partial charge in [0, 0.05) is 20.1 Å². The van der Waals surface area contributed by atoms with Crippen molar-refractivity contribution in [2.45, 2.75) is 33.2 Å². The molecule has 0 rings (SSSR count). The molecule has 0 aliphatic carbocycles.